The van der Waals surface area contributed by atoms with Crippen LogP contribution in [0.4, 0.5) is 5.82 Å². The fourth-order valence-electron chi connectivity index (χ4n) is 2.40. The zero-order valence-corrected chi connectivity index (χ0v) is 13.4. The van der Waals surface area contributed by atoms with Crippen LogP contribution in [0.2, 0.25) is 0 Å². The molecule has 3 rings (SSSR count). The molecule has 0 aliphatic heterocycles. The molecule has 0 bridgehead atoms. The van der Waals surface area contributed by atoms with Crippen molar-refractivity contribution in [2.24, 2.45) is 0 Å². The molecule has 1 aromatic heterocycles. The molecule has 4 heteroatoms. The lowest BCUT2D eigenvalue weighted by Crippen LogP contribution is -2.07. The fraction of sp³-hybridized carbons (Fsp3) is 0.100. The van der Waals surface area contributed by atoms with Crippen LogP contribution in [-0.4, -0.2) is 18.1 Å². The molecule has 1 N–H and O–H groups in total. The van der Waals surface area contributed by atoms with E-state index in [-0.39, 0.29) is 5.97 Å². The maximum atomic E-state index is 11.9. The van der Waals surface area contributed by atoms with Gasteiger partial charge in [0.15, 0.2) is 0 Å². The normalized spacial score (nSPS) is 10.2. The lowest BCUT2D eigenvalue weighted by molar-refractivity contribution is 0.0600. The minimum atomic E-state index is -0.377. The van der Waals surface area contributed by atoms with Crippen molar-refractivity contribution in [2.45, 2.75) is 6.54 Å². The number of carbonyl (C=O) groups excluding carboxylic acids is 1. The number of anilines is 1. The number of rotatable bonds is 5. The van der Waals surface area contributed by atoms with Gasteiger partial charge in [-0.3, -0.25) is 0 Å². The van der Waals surface area contributed by atoms with Gasteiger partial charge in [0.25, 0.3) is 0 Å². The van der Waals surface area contributed by atoms with Gasteiger partial charge in [-0.05, 0) is 17.7 Å². The topological polar surface area (TPSA) is 51.2 Å². The summed E-state index contributed by atoms with van der Waals surface area (Å²) in [6.45, 7) is 0.632. The average Bonchev–Trinajstić information content (AvgIpc) is 2.67. The zero-order chi connectivity index (χ0) is 16.8. The quantitative estimate of drug-likeness (QED) is 0.718. The molecule has 0 saturated carbocycles. The van der Waals surface area contributed by atoms with Crippen LogP contribution in [0.15, 0.2) is 72.8 Å². The summed E-state index contributed by atoms with van der Waals surface area (Å²) in [6.07, 6.45) is 0. The van der Waals surface area contributed by atoms with Crippen LogP contribution in [0.25, 0.3) is 11.3 Å². The van der Waals surface area contributed by atoms with E-state index in [0.29, 0.717) is 17.9 Å². The number of hydrogen-bond donors (Lipinski definition) is 1. The molecule has 0 unspecified atom stereocenters. The largest absolute Gasteiger partial charge is 0.465 e. The molecule has 0 spiro atoms. The van der Waals surface area contributed by atoms with Crippen LogP contribution >= 0.6 is 0 Å². The second kappa shape index (κ2) is 7.42. The Morgan fingerprint density at radius 1 is 1.00 bits per heavy atom. The van der Waals surface area contributed by atoms with E-state index < -0.39 is 0 Å². The van der Waals surface area contributed by atoms with Crippen molar-refractivity contribution in [3.05, 3.63) is 83.9 Å². The maximum Gasteiger partial charge on any atom is 0.338 e. The minimum Gasteiger partial charge on any atom is -0.465 e. The highest BCUT2D eigenvalue weighted by atomic mass is 16.5. The SMILES string of the molecule is COC(=O)c1cc(NCc2ccccc2)nc(-c2ccccc2)c1. The Morgan fingerprint density at radius 2 is 1.67 bits per heavy atom. The molecule has 4 nitrogen and oxygen atoms in total. The maximum absolute atomic E-state index is 11.9. The highest BCUT2D eigenvalue weighted by molar-refractivity contribution is 5.91. The van der Waals surface area contributed by atoms with Gasteiger partial charge < -0.3 is 10.1 Å². The van der Waals surface area contributed by atoms with Gasteiger partial charge in [0, 0.05) is 12.1 Å². The van der Waals surface area contributed by atoms with E-state index in [4.69, 9.17) is 4.74 Å². The van der Waals surface area contributed by atoms with Crippen molar-refractivity contribution in [3.63, 3.8) is 0 Å². The van der Waals surface area contributed by atoms with E-state index in [1.807, 2.05) is 60.7 Å². The number of benzene rings is 2. The van der Waals surface area contributed by atoms with Crippen LogP contribution < -0.4 is 5.32 Å². The Morgan fingerprint density at radius 3 is 2.33 bits per heavy atom. The number of methoxy groups -OCH3 is 1. The number of nitrogens with one attached hydrogen (secondary N) is 1. The van der Waals surface area contributed by atoms with Gasteiger partial charge in [0.2, 0.25) is 0 Å². The summed E-state index contributed by atoms with van der Waals surface area (Å²) in [5.74, 6) is 0.262. The van der Waals surface area contributed by atoms with Crippen molar-refractivity contribution < 1.29 is 9.53 Å². The lowest BCUT2D eigenvalue weighted by Gasteiger charge is -2.10. The highest BCUT2D eigenvalue weighted by Crippen LogP contribution is 2.22. The molecule has 0 aliphatic carbocycles. The summed E-state index contributed by atoms with van der Waals surface area (Å²) in [7, 11) is 1.38. The average molecular weight is 318 g/mol. The third-order valence-electron chi connectivity index (χ3n) is 3.63. The summed E-state index contributed by atoms with van der Waals surface area (Å²) in [5.41, 5.74) is 3.30. The molecule has 0 aliphatic rings. The second-order valence-corrected chi connectivity index (χ2v) is 5.32. The third-order valence-corrected chi connectivity index (χ3v) is 3.63. The third kappa shape index (κ3) is 3.79. The van der Waals surface area contributed by atoms with Crippen LogP contribution in [0.5, 0.6) is 0 Å². The van der Waals surface area contributed by atoms with E-state index in [9.17, 15) is 4.79 Å². The summed E-state index contributed by atoms with van der Waals surface area (Å²) >= 11 is 0. The smallest absolute Gasteiger partial charge is 0.338 e. The minimum absolute atomic E-state index is 0.377. The summed E-state index contributed by atoms with van der Waals surface area (Å²) in [6, 6.07) is 23.2. The molecule has 3 aromatic rings. The van der Waals surface area contributed by atoms with Gasteiger partial charge in [-0.15, -0.1) is 0 Å². The molecule has 1 heterocycles. The van der Waals surface area contributed by atoms with Crippen LogP contribution in [-0.2, 0) is 11.3 Å². The van der Waals surface area contributed by atoms with Gasteiger partial charge in [-0.1, -0.05) is 60.7 Å². The number of carbonyl (C=O) groups is 1. The van der Waals surface area contributed by atoms with Gasteiger partial charge >= 0.3 is 5.97 Å². The Hall–Kier alpha value is -3.14. The van der Waals surface area contributed by atoms with Gasteiger partial charge in [0.05, 0.1) is 18.4 Å². The zero-order valence-electron chi connectivity index (χ0n) is 13.4. The van der Waals surface area contributed by atoms with Gasteiger partial charge in [0.1, 0.15) is 5.82 Å². The van der Waals surface area contributed by atoms with Crippen molar-refractivity contribution in [1.82, 2.24) is 4.98 Å². The lowest BCUT2D eigenvalue weighted by atomic mass is 10.1. The predicted octanol–water partition coefficient (Wildman–Crippen LogP) is 4.15. The first-order valence-corrected chi connectivity index (χ1v) is 7.70. The molecule has 0 amide bonds. The van der Waals surface area contributed by atoms with E-state index in [1.165, 1.54) is 7.11 Å². The van der Waals surface area contributed by atoms with Crippen LogP contribution in [0.1, 0.15) is 15.9 Å². The van der Waals surface area contributed by atoms with E-state index >= 15 is 0 Å². The van der Waals surface area contributed by atoms with Crippen molar-refractivity contribution >= 4 is 11.8 Å². The van der Waals surface area contributed by atoms with Crippen molar-refractivity contribution in [2.75, 3.05) is 12.4 Å². The van der Waals surface area contributed by atoms with Gasteiger partial charge in [-0.25, -0.2) is 9.78 Å². The second-order valence-electron chi connectivity index (χ2n) is 5.32. The Kier molecular flexibility index (Phi) is 4.87. The number of pyridine rings is 1. The summed E-state index contributed by atoms with van der Waals surface area (Å²) in [5, 5.41) is 3.27. The Bertz CT molecular complexity index is 818. The highest BCUT2D eigenvalue weighted by Gasteiger charge is 2.11. The molecule has 24 heavy (non-hydrogen) atoms. The summed E-state index contributed by atoms with van der Waals surface area (Å²) < 4.78 is 4.85. The molecule has 0 fully saturated rings. The fourth-order valence-corrected chi connectivity index (χ4v) is 2.40. The first-order chi connectivity index (χ1) is 11.8. The number of ether oxygens (including phenoxy) is 1. The number of nitrogens with zero attached hydrogens (tertiary/aromatic N) is 1. The first kappa shape index (κ1) is 15.7. The molecule has 120 valence electrons. The van der Waals surface area contributed by atoms with E-state index in [1.54, 1.807) is 12.1 Å². The standard InChI is InChI=1S/C20H18N2O2/c1-24-20(23)17-12-18(16-10-6-3-7-11-16)22-19(13-17)21-14-15-8-4-2-5-9-15/h2-13H,14H2,1H3,(H,21,22). The van der Waals surface area contributed by atoms with Crippen LogP contribution in [0.3, 0.4) is 0 Å². The molecular weight excluding hydrogens is 300 g/mol. The summed E-state index contributed by atoms with van der Waals surface area (Å²) in [4.78, 5) is 16.6. The predicted molar refractivity (Wildman–Crippen MR) is 94.8 cm³/mol. The molecule has 2 aromatic carbocycles. The molecule has 0 radical (unpaired) electrons. The Labute approximate surface area is 141 Å². The number of aromatic nitrogens is 1. The molecular formula is C20H18N2O2. The Balaban J connectivity index is 1.91. The number of hydrogen-bond acceptors (Lipinski definition) is 4. The molecule has 0 saturated heterocycles. The van der Waals surface area contributed by atoms with Crippen LogP contribution in [0, 0.1) is 0 Å². The van der Waals surface area contributed by atoms with Crippen molar-refractivity contribution in [1.29, 1.82) is 0 Å². The monoisotopic (exact) mass is 318 g/mol. The first-order valence-electron chi connectivity index (χ1n) is 7.70. The molecule has 0 atom stereocenters. The number of esters is 1. The van der Waals surface area contributed by atoms with Crippen molar-refractivity contribution in [3.8, 4) is 11.3 Å². The van der Waals surface area contributed by atoms with E-state index in [2.05, 4.69) is 10.3 Å². The van der Waals surface area contributed by atoms with E-state index in [0.717, 1.165) is 16.8 Å². The van der Waals surface area contributed by atoms with Gasteiger partial charge in [-0.2, -0.15) is 0 Å².